The molecule has 1 aliphatic rings. The molecule has 0 aliphatic carbocycles. The summed E-state index contributed by atoms with van der Waals surface area (Å²) >= 11 is 0. The zero-order valence-electron chi connectivity index (χ0n) is 14.7. The lowest BCUT2D eigenvalue weighted by Crippen LogP contribution is -2.37. The van der Waals surface area contributed by atoms with Gasteiger partial charge in [-0.1, -0.05) is 12.2 Å². The van der Waals surface area contributed by atoms with Crippen LogP contribution in [0.5, 0.6) is 11.5 Å². The minimum absolute atomic E-state index is 0.106. The van der Waals surface area contributed by atoms with Gasteiger partial charge in [0.05, 0.1) is 13.7 Å². The van der Waals surface area contributed by atoms with Crippen molar-refractivity contribution in [3.63, 3.8) is 0 Å². The van der Waals surface area contributed by atoms with Crippen molar-refractivity contribution in [2.45, 2.75) is 50.5 Å². The van der Waals surface area contributed by atoms with E-state index in [-0.39, 0.29) is 10.9 Å². The number of hydrogen-bond acceptors (Lipinski definition) is 4. The molecule has 1 heterocycles. The van der Waals surface area contributed by atoms with Crippen molar-refractivity contribution in [3.05, 3.63) is 30.4 Å². The van der Waals surface area contributed by atoms with Gasteiger partial charge in [0.2, 0.25) is 10.0 Å². The molecule has 0 spiro atoms. The number of methoxy groups -OCH3 is 1. The molecule has 5 nitrogen and oxygen atoms in total. The second-order valence-electron chi connectivity index (χ2n) is 6.13. The van der Waals surface area contributed by atoms with Crippen molar-refractivity contribution >= 4 is 10.0 Å². The summed E-state index contributed by atoms with van der Waals surface area (Å²) in [5, 5.41) is 0. The van der Waals surface area contributed by atoms with Crippen LogP contribution in [0, 0.1) is 0 Å². The quantitative estimate of drug-likeness (QED) is 0.762. The molecule has 0 bridgehead atoms. The van der Waals surface area contributed by atoms with Gasteiger partial charge in [-0.25, -0.2) is 8.42 Å². The molecule has 0 atom stereocenters. The Kier molecular flexibility index (Phi) is 6.69. The molecule has 0 unspecified atom stereocenters. The first-order chi connectivity index (χ1) is 11.5. The first kappa shape index (κ1) is 18.8. The Balaban J connectivity index is 2.46. The lowest BCUT2D eigenvalue weighted by molar-refractivity contribution is 0.308. The van der Waals surface area contributed by atoms with Crippen LogP contribution in [0.4, 0.5) is 0 Å². The summed E-state index contributed by atoms with van der Waals surface area (Å²) in [6.07, 6.45) is 7.77. The largest absolute Gasteiger partial charge is 0.497 e. The van der Waals surface area contributed by atoms with Crippen LogP contribution >= 0.6 is 0 Å². The van der Waals surface area contributed by atoms with Crippen molar-refractivity contribution < 1.29 is 17.9 Å². The number of rotatable bonds is 2. The van der Waals surface area contributed by atoms with Crippen LogP contribution in [0.15, 0.2) is 35.2 Å². The molecule has 0 N–H and O–H groups in total. The van der Waals surface area contributed by atoms with Crippen LogP contribution < -0.4 is 9.47 Å². The Morgan fingerprint density at radius 2 is 1.92 bits per heavy atom. The molecule has 0 saturated carbocycles. The van der Waals surface area contributed by atoms with E-state index >= 15 is 0 Å². The predicted octanol–water partition coefficient (Wildman–Crippen LogP) is 3.60. The van der Waals surface area contributed by atoms with Crippen molar-refractivity contribution in [3.8, 4) is 11.5 Å². The van der Waals surface area contributed by atoms with Crippen molar-refractivity contribution in [2.24, 2.45) is 0 Å². The second kappa shape index (κ2) is 8.53. The molecular weight excluding hydrogens is 326 g/mol. The monoisotopic (exact) mass is 353 g/mol. The van der Waals surface area contributed by atoms with Gasteiger partial charge in [-0.05, 0) is 51.7 Å². The first-order valence-corrected chi connectivity index (χ1v) is 9.88. The fourth-order valence-electron chi connectivity index (χ4n) is 2.73. The molecule has 0 amide bonds. The molecule has 134 valence electrons. The highest BCUT2D eigenvalue weighted by Gasteiger charge is 2.30. The normalized spacial score (nSPS) is 19.5. The molecular formula is C18H27NO4S. The Hall–Kier alpha value is -1.53. The van der Waals surface area contributed by atoms with E-state index in [1.54, 1.807) is 29.6 Å². The van der Waals surface area contributed by atoms with Crippen LogP contribution in [0.2, 0.25) is 0 Å². The van der Waals surface area contributed by atoms with E-state index in [1.165, 1.54) is 0 Å². The Bertz CT molecular complexity index is 668. The van der Waals surface area contributed by atoms with Crippen molar-refractivity contribution in [1.29, 1.82) is 0 Å². The summed E-state index contributed by atoms with van der Waals surface area (Å²) in [4.78, 5) is 0.209. The van der Waals surface area contributed by atoms with Crippen LogP contribution in [-0.2, 0) is 10.0 Å². The van der Waals surface area contributed by atoms with E-state index in [4.69, 9.17) is 9.47 Å². The third-order valence-corrected chi connectivity index (χ3v) is 6.14. The number of hydrogen-bond donors (Lipinski definition) is 0. The zero-order valence-corrected chi connectivity index (χ0v) is 15.5. The average Bonchev–Trinajstić information content (AvgIpc) is 2.56. The van der Waals surface area contributed by atoms with Gasteiger partial charge >= 0.3 is 0 Å². The Labute approximate surface area is 145 Å². The summed E-state index contributed by atoms with van der Waals surface area (Å²) in [6.45, 7) is 4.76. The van der Waals surface area contributed by atoms with Gasteiger partial charge in [-0.3, -0.25) is 0 Å². The minimum atomic E-state index is -3.61. The third kappa shape index (κ3) is 4.51. The molecule has 24 heavy (non-hydrogen) atoms. The van der Waals surface area contributed by atoms with E-state index in [9.17, 15) is 8.42 Å². The van der Waals surface area contributed by atoms with E-state index in [0.29, 0.717) is 24.7 Å². The second-order valence-corrected chi connectivity index (χ2v) is 7.99. The molecule has 2 rings (SSSR count). The summed E-state index contributed by atoms with van der Waals surface area (Å²) in [5.41, 5.74) is 0. The van der Waals surface area contributed by atoms with Gasteiger partial charge < -0.3 is 9.47 Å². The smallest absolute Gasteiger partial charge is 0.246 e. The van der Waals surface area contributed by atoms with Gasteiger partial charge in [-0.2, -0.15) is 4.31 Å². The molecule has 0 aromatic heterocycles. The number of sulfonamides is 1. The number of benzene rings is 1. The number of fused-ring (bicyclic) bond motifs is 1. The van der Waals surface area contributed by atoms with Crippen LogP contribution in [0.3, 0.4) is 0 Å². The van der Waals surface area contributed by atoms with E-state index < -0.39 is 10.0 Å². The molecule has 1 aromatic carbocycles. The summed E-state index contributed by atoms with van der Waals surface area (Å²) in [6, 6.07) is 4.78. The van der Waals surface area contributed by atoms with E-state index in [0.717, 1.165) is 25.7 Å². The van der Waals surface area contributed by atoms with Gasteiger partial charge in [0, 0.05) is 18.7 Å². The highest BCUT2D eigenvalue weighted by molar-refractivity contribution is 7.89. The number of ether oxygens (including phenoxy) is 2. The SMILES string of the molecule is COc1ccc2c(c1)OCCC=CCCCCN(C(C)C)S2(=O)=O. The van der Waals surface area contributed by atoms with Crippen molar-refractivity contribution in [1.82, 2.24) is 4.31 Å². The van der Waals surface area contributed by atoms with Crippen LogP contribution in [-0.4, -0.2) is 39.0 Å². The third-order valence-electron chi connectivity index (χ3n) is 4.02. The van der Waals surface area contributed by atoms with Gasteiger partial charge in [0.15, 0.2) is 0 Å². The lowest BCUT2D eigenvalue weighted by Gasteiger charge is -2.27. The molecule has 0 saturated heterocycles. The number of allylic oxidation sites excluding steroid dienone is 1. The van der Waals surface area contributed by atoms with Crippen LogP contribution in [0.1, 0.15) is 39.5 Å². The predicted molar refractivity (Wildman–Crippen MR) is 95.1 cm³/mol. The van der Waals surface area contributed by atoms with Crippen molar-refractivity contribution in [2.75, 3.05) is 20.3 Å². The molecule has 1 aromatic rings. The molecule has 1 aliphatic heterocycles. The fraction of sp³-hybridized carbons (Fsp3) is 0.556. The van der Waals surface area contributed by atoms with E-state index in [1.807, 2.05) is 13.8 Å². The zero-order chi connectivity index (χ0) is 17.6. The molecule has 0 fully saturated rings. The fourth-order valence-corrected chi connectivity index (χ4v) is 4.52. The highest BCUT2D eigenvalue weighted by Crippen LogP contribution is 2.32. The molecule has 6 heteroatoms. The maximum atomic E-state index is 13.2. The summed E-state index contributed by atoms with van der Waals surface area (Å²) < 4.78 is 38.9. The minimum Gasteiger partial charge on any atom is -0.497 e. The van der Waals surface area contributed by atoms with Gasteiger partial charge in [0.25, 0.3) is 0 Å². The lowest BCUT2D eigenvalue weighted by atomic mass is 10.2. The topological polar surface area (TPSA) is 55.8 Å². The Morgan fingerprint density at radius 3 is 2.62 bits per heavy atom. The first-order valence-electron chi connectivity index (χ1n) is 8.44. The van der Waals surface area contributed by atoms with Gasteiger partial charge in [-0.15, -0.1) is 0 Å². The maximum Gasteiger partial charge on any atom is 0.246 e. The Morgan fingerprint density at radius 1 is 1.17 bits per heavy atom. The molecule has 0 radical (unpaired) electrons. The standard InChI is InChI=1S/C18H27NO4S/c1-15(2)19-12-8-6-4-5-7-9-13-23-17-14-16(22-3)10-11-18(17)24(19,20)21/h5,7,10-11,14-15H,4,6,8-9,12-13H2,1-3H3. The number of nitrogens with zero attached hydrogens (tertiary/aromatic N) is 1. The summed E-state index contributed by atoms with van der Waals surface area (Å²) in [5.74, 6) is 0.938. The maximum absolute atomic E-state index is 13.2. The van der Waals surface area contributed by atoms with Crippen LogP contribution in [0.25, 0.3) is 0 Å². The average molecular weight is 353 g/mol. The van der Waals surface area contributed by atoms with Gasteiger partial charge in [0.1, 0.15) is 16.4 Å². The summed E-state index contributed by atoms with van der Waals surface area (Å²) in [7, 11) is -2.06. The van der Waals surface area contributed by atoms with E-state index in [2.05, 4.69) is 12.2 Å². The highest BCUT2D eigenvalue weighted by atomic mass is 32.2.